The van der Waals surface area contributed by atoms with Crippen LogP contribution in [0.1, 0.15) is 16.8 Å². The molecule has 0 atom stereocenters. The van der Waals surface area contributed by atoms with Gasteiger partial charge in [0.25, 0.3) is 5.56 Å². The molecule has 0 aliphatic carbocycles. The summed E-state index contributed by atoms with van der Waals surface area (Å²) in [4.78, 5) is 31.6. The molecule has 0 saturated carbocycles. The van der Waals surface area contributed by atoms with Crippen LogP contribution in [0.25, 0.3) is 0 Å². The maximum Gasteiger partial charge on any atom is 0.255 e. The Morgan fingerprint density at radius 2 is 1.85 bits per heavy atom. The molecule has 2 aromatic rings. The number of carbonyl (C=O) groups is 1. The maximum atomic E-state index is 12.6. The minimum absolute atomic E-state index is 0.0768. The van der Waals surface area contributed by atoms with Crippen LogP contribution in [0.3, 0.4) is 0 Å². The second-order valence-electron chi connectivity index (χ2n) is 6.54. The van der Waals surface area contributed by atoms with Crippen LogP contribution in [0.2, 0.25) is 0 Å². The molecule has 1 saturated heterocycles. The molecule has 138 valence electrons. The summed E-state index contributed by atoms with van der Waals surface area (Å²) in [5.41, 5.74) is 3.18. The lowest BCUT2D eigenvalue weighted by Crippen LogP contribution is -2.41. The third kappa shape index (κ3) is 3.94. The number of amides is 1. The fraction of sp³-hybridized carbons (Fsp3) is 0.421. The van der Waals surface area contributed by atoms with Crippen LogP contribution >= 0.6 is 0 Å². The lowest BCUT2D eigenvalue weighted by molar-refractivity contribution is -0.116. The molecular formula is C19H24N4O3. The normalized spacial score (nSPS) is 14.3. The van der Waals surface area contributed by atoms with Crippen molar-refractivity contribution in [1.29, 1.82) is 0 Å². The van der Waals surface area contributed by atoms with Crippen molar-refractivity contribution in [1.82, 2.24) is 9.55 Å². The van der Waals surface area contributed by atoms with Gasteiger partial charge in [-0.2, -0.15) is 0 Å². The summed E-state index contributed by atoms with van der Waals surface area (Å²) >= 11 is 0. The van der Waals surface area contributed by atoms with Crippen LogP contribution in [0.5, 0.6) is 0 Å². The van der Waals surface area contributed by atoms with Gasteiger partial charge in [0.2, 0.25) is 11.9 Å². The fourth-order valence-electron chi connectivity index (χ4n) is 3.09. The first-order valence-electron chi connectivity index (χ1n) is 8.73. The zero-order valence-electron chi connectivity index (χ0n) is 15.4. The predicted molar refractivity (Wildman–Crippen MR) is 101 cm³/mol. The SMILES string of the molecule is Cc1cc(=O)n(CC(=O)Nc2c(C)cccc2C)c(N2CCOCC2)n1. The number of aromatic nitrogens is 2. The Bertz CT molecular complexity index is 849. The summed E-state index contributed by atoms with van der Waals surface area (Å²) in [5.74, 6) is 0.277. The van der Waals surface area contributed by atoms with Gasteiger partial charge in [0.05, 0.1) is 13.2 Å². The average molecular weight is 356 g/mol. The predicted octanol–water partition coefficient (Wildman–Crippen LogP) is 1.64. The van der Waals surface area contributed by atoms with E-state index in [0.717, 1.165) is 16.8 Å². The first-order chi connectivity index (χ1) is 12.5. The van der Waals surface area contributed by atoms with Crippen molar-refractivity contribution in [2.24, 2.45) is 0 Å². The summed E-state index contributed by atoms with van der Waals surface area (Å²) in [7, 11) is 0. The van der Waals surface area contributed by atoms with E-state index in [-0.39, 0.29) is 18.0 Å². The van der Waals surface area contributed by atoms with Crippen LogP contribution in [-0.4, -0.2) is 41.8 Å². The van der Waals surface area contributed by atoms with E-state index in [1.807, 2.05) is 36.9 Å². The molecule has 0 unspecified atom stereocenters. The molecule has 7 nitrogen and oxygen atoms in total. The number of benzene rings is 1. The monoisotopic (exact) mass is 356 g/mol. The summed E-state index contributed by atoms with van der Waals surface area (Å²) < 4.78 is 6.80. The highest BCUT2D eigenvalue weighted by Crippen LogP contribution is 2.19. The van der Waals surface area contributed by atoms with Crippen LogP contribution in [0, 0.1) is 20.8 Å². The van der Waals surface area contributed by atoms with Crippen molar-refractivity contribution in [2.45, 2.75) is 27.3 Å². The lowest BCUT2D eigenvalue weighted by Gasteiger charge is -2.29. The average Bonchev–Trinajstić information content (AvgIpc) is 2.61. The molecule has 0 bridgehead atoms. The quantitative estimate of drug-likeness (QED) is 0.901. The Labute approximate surface area is 152 Å². The highest BCUT2D eigenvalue weighted by Gasteiger charge is 2.19. The van der Waals surface area contributed by atoms with Gasteiger partial charge in [-0.15, -0.1) is 0 Å². The summed E-state index contributed by atoms with van der Waals surface area (Å²) in [5, 5.41) is 2.93. The molecule has 3 rings (SSSR count). The number of hydrogen-bond acceptors (Lipinski definition) is 5. The number of nitrogens with one attached hydrogen (secondary N) is 1. The van der Waals surface area contributed by atoms with E-state index in [4.69, 9.17) is 4.74 Å². The standard InChI is InChI=1S/C19H24N4O3/c1-13-5-4-6-14(2)18(13)21-16(24)12-23-17(25)11-15(3)20-19(23)22-7-9-26-10-8-22/h4-6,11H,7-10,12H2,1-3H3,(H,21,24). The van der Waals surface area contributed by atoms with Crippen LogP contribution < -0.4 is 15.8 Å². The Morgan fingerprint density at radius 1 is 1.19 bits per heavy atom. The molecule has 0 radical (unpaired) electrons. The van der Waals surface area contributed by atoms with E-state index < -0.39 is 0 Å². The molecule has 1 N–H and O–H groups in total. The van der Waals surface area contributed by atoms with E-state index in [9.17, 15) is 9.59 Å². The van der Waals surface area contributed by atoms with Gasteiger partial charge in [-0.3, -0.25) is 14.2 Å². The van der Waals surface area contributed by atoms with Gasteiger partial charge in [-0.25, -0.2) is 4.98 Å². The molecule has 1 aliphatic heterocycles. The van der Waals surface area contributed by atoms with E-state index in [1.54, 1.807) is 6.92 Å². The van der Waals surface area contributed by atoms with Crippen molar-refractivity contribution in [3.63, 3.8) is 0 Å². The maximum absolute atomic E-state index is 12.6. The first-order valence-corrected chi connectivity index (χ1v) is 8.73. The minimum atomic E-state index is -0.246. The van der Waals surface area contributed by atoms with Crippen molar-refractivity contribution in [2.75, 3.05) is 36.5 Å². The van der Waals surface area contributed by atoms with E-state index in [1.165, 1.54) is 10.6 Å². The molecule has 1 aromatic heterocycles. The zero-order valence-corrected chi connectivity index (χ0v) is 15.4. The summed E-state index contributed by atoms with van der Waals surface area (Å²) in [6.45, 7) is 8.06. The molecule has 26 heavy (non-hydrogen) atoms. The smallest absolute Gasteiger partial charge is 0.255 e. The Morgan fingerprint density at radius 3 is 2.50 bits per heavy atom. The zero-order chi connectivity index (χ0) is 18.7. The second kappa shape index (κ2) is 7.70. The summed E-state index contributed by atoms with van der Waals surface area (Å²) in [6, 6.07) is 7.30. The number of aryl methyl sites for hydroxylation is 3. The number of anilines is 2. The van der Waals surface area contributed by atoms with Crippen LogP contribution in [-0.2, 0) is 16.1 Å². The topological polar surface area (TPSA) is 76.5 Å². The number of morpholine rings is 1. The van der Waals surface area contributed by atoms with Gasteiger partial charge < -0.3 is 15.0 Å². The molecule has 1 aromatic carbocycles. The van der Waals surface area contributed by atoms with Gasteiger partial charge >= 0.3 is 0 Å². The Hall–Kier alpha value is -2.67. The van der Waals surface area contributed by atoms with Crippen molar-refractivity contribution < 1.29 is 9.53 Å². The molecule has 1 fully saturated rings. The van der Waals surface area contributed by atoms with E-state index in [2.05, 4.69) is 10.3 Å². The van der Waals surface area contributed by atoms with Crippen molar-refractivity contribution in [3.05, 3.63) is 51.4 Å². The number of para-hydroxylation sites is 1. The number of carbonyl (C=O) groups excluding carboxylic acids is 1. The van der Waals surface area contributed by atoms with Gasteiger partial charge in [0.15, 0.2) is 0 Å². The molecule has 7 heteroatoms. The third-order valence-corrected chi connectivity index (χ3v) is 4.46. The minimum Gasteiger partial charge on any atom is -0.378 e. The van der Waals surface area contributed by atoms with E-state index >= 15 is 0 Å². The fourth-order valence-corrected chi connectivity index (χ4v) is 3.09. The highest BCUT2D eigenvalue weighted by molar-refractivity contribution is 5.92. The second-order valence-corrected chi connectivity index (χ2v) is 6.54. The van der Waals surface area contributed by atoms with Crippen LogP contribution in [0.15, 0.2) is 29.1 Å². The third-order valence-electron chi connectivity index (χ3n) is 4.46. The van der Waals surface area contributed by atoms with Crippen LogP contribution in [0.4, 0.5) is 11.6 Å². The van der Waals surface area contributed by atoms with Gasteiger partial charge in [-0.1, -0.05) is 18.2 Å². The summed E-state index contributed by atoms with van der Waals surface area (Å²) in [6.07, 6.45) is 0. The number of ether oxygens (including phenoxy) is 1. The van der Waals surface area contributed by atoms with E-state index in [0.29, 0.717) is 37.9 Å². The molecule has 1 amide bonds. The van der Waals surface area contributed by atoms with Gasteiger partial charge in [-0.05, 0) is 31.9 Å². The van der Waals surface area contributed by atoms with Gasteiger partial charge in [0, 0.05) is 30.5 Å². The molecule has 0 spiro atoms. The Kier molecular flexibility index (Phi) is 5.37. The molecular weight excluding hydrogens is 332 g/mol. The number of hydrogen-bond donors (Lipinski definition) is 1. The number of rotatable bonds is 4. The highest BCUT2D eigenvalue weighted by atomic mass is 16.5. The van der Waals surface area contributed by atoms with Crippen molar-refractivity contribution >= 4 is 17.5 Å². The molecule has 2 heterocycles. The lowest BCUT2D eigenvalue weighted by atomic mass is 10.1. The largest absolute Gasteiger partial charge is 0.378 e. The first kappa shape index (κ1) is 18.1. The van der Waals surface area contributed by atoms with Crippen molar-refractivity contribution in [3.8, 4) is 0 Å². The molecule has 1 aliphatic rings. The number of nitrogens with zero attached hydrogens (tertiary/aromatic N) is 3. The Balaban J connectivity index is 1.87. The van der Waals surface area contributed by atoms with Gasteiger partial charge in [0.1, 0.15) is 6.54 Å².